The molecule has 0 radical (unpaired) electrons. The summed E-state index contributed by atoms with van der Waals surface area (Å²) in [7, 11) is -0.806. The first-order valence-electron chi connectivity index (χ1n) is 8.06. The minimum Gasteiger partial charge on any atom is -0.383 e. The molecular weight excluding hydrogens is 382 g/mol. The van der Waals surface area contributed by atoms with Gasteiger partial charge in [-0.3, -0.25) is 9.59 Å². The van der Waals surface area contributed by atoms with Crippen molar-refractivity contribution in [2.45, 2.75) is 17.4 Å². The minimum absolute atomic E-state index is 0. The van der Waals surface area contributed by atoms with E-state index in [0.717, 1.165) is 23.8 Å². The molecule has 10 heteroatoms. The first kappa shape index (κ1) is 20.6. The number of amides is 2. The third-order valence-electron chi connectivity index (χ3n) is 4.65. The molecule has 0 spiro atoms. The number of sulfonamides is 1. The molecule has 2 aliphatic heterocycles. The Morgan fingerprint density at radius 1 is 1.42 bits per heavy atom. The third kappa shape index (κ3) is 3.44. The number of nitrogens with one attached hydrogen (secondary N) is 1. The Labute approximate surface area is 158 Å². The number of carbonyl (C=O) groups excluding carboxylic acids is 2. The Bertz CT molecular complexity index is 808. The molecule has 1 N–H and O–H groups in total. The van der Waals surface area contributed by atoms with Crippen molar-refractivity contribution in [1.29, 1.82) is 0 Å². The average molecular weight is 404 g/mol. The Morgan fingerprint density at radius 2 is 2.15 bits per heavy atom. The predicted molar refractivity (Wildman–Crippen MR) is 97.2 cm³/mol. The van der Waals surface area contributed by atoms with Gasteiger partial charge in [-0.2, -0.15) is 0 Å². The summed E-state index contributed by atoms with van der Waals surface area (Å²) in [5.41, 5.74) is 0.357. The number of carbonyl (C=O) groups is 2. The second kappa shape index (κ2) is 7.91. The van der Waals surface area contributed by atoms with Crippen LogP contribution < -0.4 is 5.32 Å². The summed E-state index contributed by atoms with van der Waals surface area (Å²) >= 11 is 0. The highest BCUT2D eigenvalue weighted by Gasteiger charge is 2.41. The van der Waals surface area contributed by atoms with Crippen LogP contribution in [0.2, 0.25) is 0 Å². The van der Waals surface area contributed by atoms with Gasteiger partial charge in [0.2, 0.25) is 0 Å². The van der Waals surface area contributed by atoms with E-state index < -0.39 is 15.9 Å². The van der Waals surface area contributed by atoms with Gasteiger partial charge in [-0.15, -0.1) is 12.4 Å². The van der Waals surface area contributed by atoms with Crippen LogP contribution >= 0.6 is 12.4 Å². The molecule has 26 heavy (non-hydrogen) atoms. The lowest BCUT2D eigenvalue weighted by molar-refractivity contribution is 0.0742. The molecule has 0 aliphatic carbocycles. The van der Waals surface area contributed by atoms with Gasteiger partial charge in [0.1, 0.15) is 4.90 Å². The normalized spacial score (nSPS) is 20.6. The monoisotopic (exact) mass is 403 g/mol. The van der Waals surface area contributed by atoms with Gasteiger partial charge in [0.25, 0.3) is 21.8 Å². The molecule has 0 aromatic heterocycles. The van der Waals surface area contributed by atoms with Crippen LogP contribution in [-0.4, -0.2) is 75.9 Å². The van der Waals surface area contributed by atoms with Crippen molar-refractivity contribution >= 4 is 34.2 Å². The standard InChI is InChI=1S/C16H21N3O5S.ClH/c1-18(12-5-6-17-10-12)15(20)11-3-4-13-14(9-11)25(22,23)19(16(13)21)7-8-24-2;/h3-4,9,12,17H,5-8,10H2,1-2H3;1H. The molecule has 1 aromatic carbocycles. The van der Waals surface area contributed by atoms with E-state index in [2.05, 4.69) is 5.32 Å². The Morgan fingerprint density at radius 3 is 2.77 bits per heavy atom. The van der Waals surface area contributed by atoms with E-state index in [1.807, 2.05) is 0 Å². The Kier molecular flexibility index (Phi) is 6.28. The molecule has 2 aliphatic rings. The zero-order chi connectivity index (χ0) is 18.2. The van der Waals surface area contributed by atoms with Gasteiger partial charge in [-0.1, -0.05) is 0 Å². The molecule has 0 saturated carbocycles. The number of hydrogen-bond donors (Lipinski definition) is 1. The summed E-state index contributed by atoms with van der Waals surface area (Å²) in [5, 5.41) is 3.19. The lowest BCUT2D eigenvalue weighted by Crippen LogP contribution is -2.38. The maximum Gasteiger partial charge on any atom is 0.269 e. The lowest BCUT2D eigenvalue weighted by Gasteiger charge is -2.23. The maximum atomic E-state index is 12.7. The summed E-state index contributed by atoms with van der Waals surface area (Å²) in [4.78, 5) is 26.5. The molecule has 1 atom stereocenters. The van der Waals surface area contributed by atoms with E-state index >= 15 is 0 Å². The SMILES string of the molecule is COCCN1C(=O)c2ccc(C(=O)N(C)C3CCNC3)cc2S1(=O)=O.Cl. The molecule has 2 amide bonds. The van der Waals surface area contributed by atoms with Crippen molar-refractivity contribution < 1.29 is 22.7 Å². The zero-order valence-electron chi connectivity index (χ0n) is 14.6. The van der Waals surface area contributed by atoms with Crippen molar-refractivity contribution in [1.82, 2.24) is 14.5 Å². The van der Waals surface area contributed by atoms with Gasteiger partial charge in [-0.05, 0) is 31.2 Å². The highest BCUT2D eigenvalue weighted by atomic mass is 35.5. The van der Waals surface area contributed by atoms with E-state index in [0.29, 0.717) is 0 Å². The molecule has 144 valence electrons. The average Bonchev–Trinajstić information content (AvgIpc) is 3.19. The largest absolute Gasteiger partial charge is 0.383 e. The Hall–Kier alpha value is -1.68. The summed E-state index contributed by atoms with van der Waals surface area (Å²) in [6.07, 6.45) is 0.856. The quantitative estimate of drug-likeness (QED) is 0.761. The summed E-state index contributed by atoms with van der Waals surface area (Å²) in [6.45, 7) is 1.63. The van der Waals surface area contributed by atoms with Crippen molar-refractivity contribution in [2.75, 3.05) is 40.4 Å². The molecule has 1 aromatic rings. The predicted octanol–water partition coefficient (Wildman–Crippen LogP) is 0.333. The number of nitrogens with zero attached hydrogens (tertiary/aromatic N) is 2. The van der Waals surface area contributed by atoms with Crippen molar-refractivity contribution in [3.63, 3.8) is 0 Å². The van der Waals surface area contributed by atoms with Crippen LogP contribution in [0, 0.1) is 0 Å². The first-order valence-corrected chi connectivity index (χ1v) is 9.50. The van der Waals surface area contributed by atoms with E-state index in [1.54, 1.807) is 11.9 Å². The second-order valence-corrected chi connectivity index (χ2v) is 7.98. The molecule has 3 rings (SSSR count). The first-order chi connectivity index (χ1) is 11.9. The van der Waals surface area contributed by atoms with Crippen LogP contribution in [0.1, 0.15) is 27.1 Å². The van der Waals surface area contributed by atoms with Gasteiger partial charge < -0.3 is 15.0 Å². The molecule has 8 nitrogen and oxygen atoms in total. The summed E-state index contributed by atoms with van der Waals surface area (Å²) in [6, 6.07) is 4.30. The van der Waals surface area contributed by atoms with Crippen LogP contribution in [0.4, 0.5) is 0 Å². The van der Waals surface area contributed by atoms with E-state index in [1.165, 1.54) is 25.3 Å². The van der Waals surface area contributed by atoms with Crippen molar-refractivity contribution in [3.8, 4) is 0 Å². The molecule has 2 heterocycles. The van der Waals surface area contributed by atoms with E-state index in [-0.39, 0.29) is 53.5 Å². The maximum absolute atomic E-state index is 12.7. The van der Waals surface area contributed by atoms with Gasteiger partial charge >= 0.3 is 0 Å². The molecular formula is C16H22ClN3O5S. The van der Waals surface area contributed by atoms with Crippen LogP contribution in [0.15, 0.2) is 23.1 Å². The zero-order valence-corrected chi connectivity index (χ0v) is 16.2. The van der Waals surface area contributed by atoms with Gasteiger partial charge in [0, 0.05) is 32.3 Å². The highest BCUT2D eigenvalue weighted by Crippen LogP contribution is 2.31. The van der Waals surface area contributed by atoms with Crippen LogP contribution in [0.25, 0.3) is 0 Å². The fourth-order valence-corrected chi connectivity index (χ4v) is 4.72. The number of methoxy groups -OCH3 is 1. The van der Waals surface area contributed by atoms with Crippen molar-refractivity contribution in [3.05, 3.63) is 29.3 Å². The number of halogens is 1. The number of fused-ring (bicyclic) bond motifs is 1. The number of rotatable bonds is 5. The number of benzene rings is 1. The molecule has 1 unspecified atom stereocenters. The van der Waals surface area contributed by atoms with Gasteiger partial charge in [-0.25, -0.2) is 12.7 Å². The highest BCUT2D eigenvalue weighted by molar-refractivity contribution is 7.90. The molecule has 1 fully saturated rings. The number of likely N-dealkylation sites (N-methyl/N-ethyl adjacent to an activating group) is 1. The van der Waals surface area contributed by atoms with Gasteiger partial charge in [0.15, 0.2) is 0 Å². The fourth-order valence-electron chi connectivity index (χ4n) is 3.14. The molecule has 0 bridgehead atoms. The topological polar surface area (TPSA) is 96.0 Å². The van der Waals surface area contributed by atoms with Crippen LogP contribution in [0.5, 0.6) is 0 Å². The van der Waals surface area contributed by atoms with Crippen LogP contribution in [-0.2, 0) is 14.8 Å². The van der Waals surface area contributed by atoms with E-state index in [4.69, 9.17) is 4.74 Å². The number of hydrogen-bond acceptors (Lipinski definition) is 6. The fraction of sp³-hybridized carbons (Fsp3) is 0.500. The van der Waals surface area contributed by atoms with Crippen LogP contribution in [0.3, 0.4) is 0 Å². The van der Waals surface area contributed by atoms with E-state index in [9.17, 15) is 18.0 Å². The van der Waals surface area contributed by atoms with Crippen molar-refractivity contribution in [2.24, 2.45) is 0 Å². The third-order valence-corrected chi connectivity index (χ3v) is 6.48. The second-order valence-electron chi connectivity index (χ2n) is 6.15. The minimum atomic E-state index is -3.95. The lowest BCUT2D eigenvalue weighted by atomic mass is 10.1. The molecule has 1 saturated heterocycles. The number of ether oxygens (including phenoxy) is 1. The summed E-state index contributed by atoms with van der Waals surface area (Å²) in [5.74, 6) is -0.839. The summed E-state index contributed by atoms with van der Waals surface area (Å²) < 4.78 is 30.9. The Balaban J connectivity index is 0.00000243. The smallest absolute Gasteiger partial charge is 0.269 e. The van der Waals surface area contributed by atoms with Gasteiger partial charge in [0.05, 0.1) is 18.7 Å².